The first-order valence-electron chi connectivity index (χ1n) is 4.69. The molecule has 0 aliphatic carbocycles. The van der Waals surface area contributed by atoms with Gasteiger partial charge in [-0.1, -0.05) is 19.8 Å². The predicted molar refractivity (Wildman–Crippen MR) is 68.2 cm³/mol. The van der Waals surface area contributed by atoms with Gasteiger partial charge in [0.05, 0.1) is 0 Å². The van der Waals surface area contributed by atoms with Crippen LogP contribution in [0, 0.1) is 0 Å². The molecule has 0 amide bonds. The van der Waals surface area contributed by atoms with Crippen molar-refractivity contribution in [2.45, 2.75) is 49.5 Å². The Hall–Kier alpha value is 1.05. The van der Waals surface area contributed by atoms with E-state index in [0.717, 1.165) is 5.75 Å². The number of rotatable bonds is 7. The van der Waals surface area contributed by atoms with Gasteiger partial charge in [-0.25, -0.2) is 0 Å². The average Bonchev–Trinajstić information content (AvgIpc) is 2.05. The lowest BCUT2D eigenvalue weighted by Crippen LogP contribution is -2.14. The molecule has 0 aromatic heterocycles. The van der Waals surface area contributed by atoms with E-state index in [1.54, 1.807) is 0 Å². The molecule has 0 saturated carbocycles. The third-order valence-electron chi connectivity index (χ3n) is 1.94. The van der Waals surface area contributed by atoms with Crippen molar-refractivity contribution in [3.05, 3.63) is 0 Å². The van der Waals surface area contributed by atoms with Crippen LogP contribution in [0.25, 0.3) is 0 Å². The second-order valence-electron chi connectivity index (χ2n) is 3.14. The average molecular weight is 224 g/mol. The van der Waals surface area contributed by atoms with Crippen molar-refractivity contribution in [3.8, 4) is 0 Å². The second kappa shape index (κ2) is 8.64. The molecule has 0 heterocycles. The molecule has 0 bridgehead atoms. The van der Waals surface area contributed by atoms with E-state index < -0.39 is 0 Å². The largest absolute Gasteiger partial charge is 0.179 e. The van der Waals surface area contributed by atoms with Gasteiger partial charge >= 0.3 is 0 Å². The van der Waals surface area contributed by atoms with Gasteiger partial charge in [-0.05, 0) is 25.0 Å². The summed E-state index contributed by atoms with van der Waals surface area (Å²) in [5.41, 5.74) is 0. The molecule has 0 saturated heterocycles. The first-order valence-corrected chi connectivity index (χ1v) is 6.35. The topological polar surface area (TPSA) is 0 Å². The van der Waals surface area contributed by atoms with Crippen LogP contribution in [-0.4, -0.2) is 16.3 Å². The number of thiol groups is 3. The summed E-state index contributed by atoms with van der Waals surface area (Å²) < 4.78 is 0. The molecule has 2 unspecified atom stereocenters. The molecular formula is C9H20S3. The molecule has 0 fully saturated rings. The van der Waals surface area contributed by atoms with Gasteiger partial charge in [0.2, 0.25) is 0 Å². The van der Waals surface area contributed by atoms with Gasteiger partial charge in [-0.3, -0.25) is 0 Å². The van der Waals surface area contributed by atoms with Gasteiger partial charge in [0.25, 0.3) is 0 Å². The standard InChI is InChI=1S/C9H20S3/c1-2-5-8(11)9(12)6-3-4-7-10/h8-12H,2-7H2,1H3. The van der Waals surface area contributed by atoms with Gasteiger partial charge < -0.3 is 0 Å². The molecular weight excluding hydrogens is 204 g/mol. The lowest BCUT2D eigenvalue weighted by Gasteiger charge is -2.17. The molecule has 0 aliphatic rings. The van der Waals surface area contributed by atoms with Crippen LogP contribution in [-0.2, 0) is 0 Å². The molecule has 0 N–H and O–H groups in total. The SMILES string of the molecule is CCCC(S)C(S)CCCCS. The fraction of sp³-hybridized carbons (Fsp3) is 1.00. The summed E-state index contributed by atoms with van der Waals surface area (Å²) in [7, 11) is 0. The van der Waals surface area contributed by atoms with E-state index in [1.165, 1.54) is 32.1 Å². The fourth-order valence-corrected chi connectivity index (χ4v) is 2.11. The van der Waals surface area contributed by atoms with E-state index in [1.807, 2.05) is 0 Å². The molecule has 0 radical (unpaired) electrons. The molecule has 0 rings (SSSR count). The van der Waals surface area contributed by atoms with Crippen molar-refractivity contribution in [1.29, 1.82) is 0 Å². The van der Waals surface area contributed by atoms with Crippen molar-refractivity contribution in [2.24, 2.45) is 0 Å². The van der Waals surface area contributed by atoms with Gasteiger partial charge in [0, 0.05) is 10.5 Å². The summed E-state index contributed by atoms with van der Waals surface area (Å²) in [5.74, 6) is 0.992. The lowest BCUT2D eigenvalue weighted by molar-refractivity contribution is 0.635. The van der Waals surface area contributed by atoms with Crippen LogP contribution in [0.1, 0.15) is 39.0 Å². The highest BCUT2D eigenvalue weighted by atomic mass is 32.1. The zero-order chi connectivity index (χ0) is 9.40. The first-order chi connectivity index (χ1) is 5.72. The van der Waals surface area contributed by atoms with Crippen LogP contribution >= 0.6 is 37.9 Å². The van der Waals surface area contributed by atoms with E-state index in [4.69, 9.17) is 0 Å². The Kier molecular flexibility index (Phi) is 9.40. The van der Waals surface area contributed by atoms with E-state index in [-0.39, 0.29) is 0 Å². The maximum Gasteiger partial charge on any atom is 0.0133 e. The van der Waals surface area contributed by atoms with Crippen molar-refractivity contribution in [3.63, 3.8) is 0 Å². The van der Waals surface area contributed by atoms with E-state index in [9.17, 15) is 0 Å². The quantitative estimate of drug-likeness (QED) is 0.428. The van der Waals surface area contributed by atoms with Crippen molar-refractivity contribution < 1.29 is 0 Å². The van der Waals surface area contributed by atoms with Crippen molar-refractivity contribution >= 4 is 37.9 Å². The van der Waals surface area contributed by atoms with E-state index >= 15 is 0 Å². The highest BCUT2D eigenvalue weighted by Gasteiger charge is 2.11. The van der Waals surface area contributed by atoms with Crippen LogP contribution in [0.5, 0.6) is 0 Å². The molecule has 0 spiro atoms. The maximum absolute atomic E-state index is 4.53. The summed E-state index contributed by atoms with van der Waals surface area (Å²) in [5, 5.41) is 0.936. The van der Waals surface area contributed by atoms with Crippen LogP contribution in [0.2, 0.25) is 0 Å². The molecule has 0 nitrogen and oxygen atoms in total. The smallest absolute Gasteiger partial charge is 0.0133 e. The highest BCUT2D eigenvalue weighted by molar-refractivity contribution is 7.85. The molecule has 0 aromatic carbocycles. The Bertz CT molecular complexity index is 95.8. The minimum Gasteiger partial charge on any atom is -0.179 e. The van der Waals surface area contributed by atoms with Crippen LogP contribution in [0.4, 0.5) is 0 Å². The van der Waals surface area contributed by atoms with E-state index in [0.29, 0.717) is 10.5 Å². The van der Waals surface area contributed by atoms with Crippen molar-refractivity contribution in [1.82, 2.24) is 0 Å². The highest BCUT2D eigenvalue weighted by Crippen LogP contribution is 2.19. The molecule has 74 valence electrons. The summed E-state index contributed by atoms with van der Waals surface area (Å²) in [6.45, 7) is 2.19. The summed E-state index contributed by atoms with van der Waals surface area (Å²) in [6, 6.07) is 0. The predicted octanol–water partition coefficient (Wildman–Crippen LogP) is 3.48. The second-order valence-corrected chi connectivity index (χ2v) is 4.92. The van der Waals surface area contributed by atoms with Gasteiger partial charge in [-0.15, -0.1) is 0 Å². The summed E-state index contributed by atoms with van der Waals surface area (Å²) in [4.78, 5) is 0. The summed E-state index contributed by atoms with van der Waals surface area (Å²) in [6.07, 6.45) is 6.00. The minimum absolute atomic E-state index is 0.466. The Balaban J connectivity index is 3.35. The molecule has 2 atom stereocenters. The van der Waals surface area contributed by atoms with Gasteiger partial charge in [0.15, 0.2) is 0 Å². The Morgan fingerprint density at radius 3 is 2.08 bits per heavy atom. The number of hydrogen-bond donors (Lipinski definition) is 3. The van der Waals surface area contributed by atoms with E-state index in [2.05, 4.69) is 44.8 Å². The van der Waals surface area contributed by atoms with Crippen LogP contribution in [0.15, 0.2) is 0 Å². The van der Waals surface area contributed by atoms with Crippen molar-refractivity contribution in [2.75, 3.05) is 5.75 Å². The third-order valence-corrected chi connectivity index (χ3v) is 3.72. The zero-order valence-electron chi connectivity index (χ0n) is 7.74. The maximum atomic E-state index is 4.53. The first kappa shape index (κ1) is 13.1. The third kappa shape index (κ3) is 6.55. The molecule has 12 heavy (non-hydrogen) atoms. The minimum atomic E-state index is 0.466. The van der Waals surface area contributed by atoms with Gasteiger partial charge in [-0.2, -0.15) is 37.9 Å². The number of hydrogen-bond acceptors (Lipinski definition) is 3. The summed E-state index contributed by atoms with van der Waals surface area (Å²) >= 11 is 13.2. The molecule has 3 heteroatoms. The number of unbranched alkanes of at least 4 members (excludes halogenated alkanes) is 1. The Morgan fingerprint density at radius 2 is 1.58 bits per heavy atom. The van der Waals surface area contributed by atoms with Gasteiger partial charge in [0.1, 0.15) is 0 Å². The van der Waals surface area contributed by atoms with Crippen LogP contribution < -0.4 is 0 Å². The Morgan fingerprint density at radius 1 is 1.00 bits per heavy atom. The normalized spacial score (nSPS) is 16.0. The monoisotopic (exact) mass is 224 g/mol. The zero-order valence-corrected chi connectivity index (χ0v) is 10.4. The van der Waals surface area contributed by atoms with Crippen LogP contribution in [0.3, 0.4) is 0 Å². The lowest BCUT2D eigenvalue weighted by atomic mass is 10.1. The molecule has 0 aromatic rings. The molecule has 0 aliphatic heterocycles. The Labute approximate surface area is 93.1 Å². The fourth-order valence-electron chi connectivity index (χ4n) is 1.15.